The monoisotopic (exact) mass is 567 g/mol. The zero-order valence-electron chi connectivity index (χ0n) is 26.8. The fraction of sp³-hybridized carbons (Fsp3) is 0.941. The van der Waals surface area contributed by atoms with Crippen LogP contribution in [0.4, 0.5) is 0 Å². The number of carbonyl (C=O) groups is 2. The normalized spacial score (nSPS) is 12.1. The second-order valence-electron chi connectivity index (χ2n) is 12.0. The molecule has 0 aromatic heterocycles. The lowest BCUT2D eigenvalue weighted by Gasteiger charge is -2.11. The van der Waals surface area contributed by atoms with E-state index in [4.69, 9.17) is 11.5 Å². The first-order valence-corrected chi connectivity index (χ1v) is 17.6. The number of ketones is 1. The molecule has 1 amide bonds. The van der Waals surface area contributed by atoms with Crippen LogP contribution in [0.1, 0.15) is 174 Å². The average molecular weight is 567 g/mol. The summed E-state index contributed by atoms with van der Waals surface area (Å²) in [4.78, 5) is 24.3. The highest BCUT2D eigenvalue weighted by molar-refractivity contribution is 5.83. The Kier molecular flexibility index (Phi) is 31.7. The predicted molar refractivity (Wildman–Crippen MR) is 174 cm³/mol. The molecule has 0 aliphatic rings. The Morgan fingerprint density at radius 3 is 1.55 bits per heavy atom. The molecule has 6 nitrogen and oxygen atoms in total. The summed E-state index contributed by atoms with van der Waals surface area (Å²) in [5, 5.41) is 6.46. The molecule has 0 heterocycles. The molecular weight excluding hydrogens is 496 g/mol. The summed E-state index contributed by atoms with van der Waals surface area (Å²) in [5.41, 5.74) is 11.6. The molecule has 6 heteroatoms. The molecule has 0 aromatic rings. The topological polar surface area (TPSA) is 110 Å². The molecule has 1 atom stereocenters. The molecule has 6 N–H and O–H groups in total. The zero-order valence-corrected chi connectivity index (χ0v) is 26.8. The molecule has 0 aliphatic carbocycles. The molecule has 238 valence electrons. The molecule has 0 saturated heterocycles. The highest BCUT2D eigenvalue weighted by atomic mass is 16.1. The van der Waals surface area contributed by atoms with E-state index < -0.39 is 0 Å². The van der Waals surface area contributed by atoms with Crippen LogP contribution in [0.5, 0.6) is 0 Å². The summed E-state index contributed by atoms with van der Waals surface area (Å²) in [6, 6.07) is -0.340. The number of hydrogen-bond donors (Lipinski definition) is 4. The number of amides is 1. The van der Waals surface area contributed by atoms with Gasteiger partial charge in [-0.25, -0.2) is 0 Å². The van der Waals surface area contributed by atoms with E-state index in [0.717, 1.165) is 71.0 Å². The number of hydrogen-bond acceptors (Lipinski definition) is 5. The van der Waals surface area contributed by atoms with Gasteiger partial charge >= 0.3 is 0 Å². The number of carbonyl (C=O) groups excluding carboxylic acids is 2. The van der Waals surface area contributed by atoms with Crippen molar-refractivity contribution in [1.29, 1.82) is 0 Å². The van der Waals surface area contributed by atoms with Crippen LogP contribution in [-0.2, 0) is 9.59 Å². The fourth-order valence-electron chi connectivity index (χ4n) is 5.24. The Morgan fingerprint density at radius 1 is 0.550 bits per heavy atom. The van der Waals surface area contributed by atoms with Gasteiger partial charge in [-0.3, -0.25) is 9.59 Å². The summed E-state index contributed by atoms with van der Waals surface area (Å²) in [6.07, 6.45) is 30.4. The number of rotatable bonds is 33. The van der Waals surface area contributed by atoms with Crippen LogP contribution in [0.15, 0.2) is 0 Å². The van der Waals surface area contributed by atoms with Crippen molar-refractivity contribution in [1.82, 2.24) is 10.6 Å². The van der Waals surface area contributed by atoms with Gasteiger partial charge in [-0.15, -0.1) is 0 Å². The zero-order chi connectivity index (χ0) is 29.4. The Morgan fingerprint density at radius 2 is 1.00 bits per heavy atom. The van der Waals surface area contributed by atoms with Crippen molar-refractivity contribution >= 4 is 11.7 Å². The van der Waals surface area contributed by atoms with Gasteiger partial charge in [0.05, 0.1) is 6.04 Å². The lowest BCUT2D eigenvalue weighted by Crippen LogP contribution is -2.30. The molecule has 0 aliphatic heterocycles. The summed E-state index contributed by atoms with van der Waals surface area (Å²) in [5.74, 6) is 0.373. The van der Waals surface area contributed by atoms with Crippen molar-refractivity contribution in [2.45, 2.75) is 180 Å². The fourth-order valence-corrected chi connectivity index (χ4v) is 5.24. The lowest BCUT2D eigenvalue weighted by molar-refractivity contribution is -0.122. The van der Waals surface area contributed by atoms with E-state index in [9.17, 15) is 9.59 Å². The quantitative estimate of drug-likeness (QED) is 0.0608. The predicted octanol–water partition coefficient (Wildman–Crippen LogP) is 7.71. The smallest absolute Gasteiger partial charge is 0.219 e. The third-order valence-corrected chi connectivity index (χ3v) is 8.02. The van der Waals surface area contributed by atoms with E-state index in [0.29, 0.717) is 19.4 Å². The molecule has 0 spiro atoms. The highest BCUT2D eigenvalue weighted by Crippen LogP contribution is 2.13. The maximum Gasteiger partial charge on any atom is 0.219 e. The summed E-state index contributed by atoms with van der Waals surface area (Å²) in [6.45, 7) is 5.86. The van der Waals surface area contributed by atoms with Crippen LogP contribution in [0.2, 0.25) is 0 Å². The third kappa shape index (κ3) is 30.0. The Hall–Kier alpha value is -0.980. The Bertz CT molecular complexity index is 544. The van der Waals surface area contributed by atoms with E-state index in [1.807, 2.05) is 0 Å². The summed E-state index contributed by atoms with van der Waals surface area (Å²) in [7, 11) is 0. The van der Waals surface area contributed by atoms with Crippen LogP contribution in [0.25, 0.3) is 0 Å². The second kappa shape index (κ2) is 32.5. The van der Waals surface area contributed by atoms with Gasteiger partial charge < -0.3 is 22.1 Å². The first-order valence-electron chi connectivity index (χ1n) is 17.6. The van der Waals surface area contributed by atoms with Crippen LogP contribution >= 0.6 is 0 Å². The van der Waals surface area contributed by atoms with Crippen molar-refractivity contribution in [3.63, 3.8) is 0 Å². The maximum absolute atomic E-state index is 12.3. The van der Waals surface area contributed by atoms with Gasteiger partial charge in [0.1, 0.15) is 5.78 Å². The first kappa shape index (κ1) is 39.0. The number of nitrogens with one attached hydrogen (secondary N) is 2. The van der Waals surface area contributed by atoms with E-state index in [2.05, 4.69) is 17.6 Å². The maximum atomic E-state index is 12.3. The standard InChI is InChI=1S/C34H70N4O2/c1-2-3-4-5-6-7-8-9-10-11-14-17-20-27-34(40)38-31-23-21-25-32(36)33(39)26-19-16-13-12-15-18-22-29-37-30-24-28-35/h32,37H,2-31,35-36H2,1H3,(H,38,40)/t32-/m0/s1. The highest BCUT2D eigenvalue weighted by Gasteiger charge is 2.12. The van der Waals surface area contributed by atoms with Crippen molar-refractivity contribution < 1.29 is 9.59 Å². The Labute approximate surface area is 249 Å². The van der Waals surface area contributed by atoms with Gasteiger partial charge in [0.25, 0.3) is 0 Å². The number of Topliss-reactive ketones (excluding diaryl/α,β-unsaturated/α-hetero) is 1. The molecule has 0 saturated carbocycles. The first-order chi connectivity index (χ1) is 19.6. The lowest BCUT2D eigenvalue weighted by atomic mass is 10.0. The van der Waals surface area contributed by atoms with Crippen molar-refractivity contribution in [2.24, 2.45) is 11.5 Å². The van der Waals surface area contributed by atoms with Crippen molar-refractivity contribution in [3.05, 3.63) is 0 Å². The van der Waals surface area contributed by atoms with Gasteiger partial charge in [0.2, 0.25) is 5.91 Å². The number of unbranched alkanes of at least 4 members (excludes halogenated alkanes) is 19. The van der Waals surface area contributed by atoms with Gasteiger partial charge in [-0.2, -0.15) is 0 Å². The summed E-state index contributed by atoms with van der Waals surface area (Å²) < 4.78 is 0. The van der Waals surface area contributed by atoms with Crippen LogP contribution < -0.4 is 22.1 Å². The largest absolute Gasteiger partial charge is 0.356 e. The minimum atomic E-state index is -0.340. The van der Waals surface area contributed by atoms with Crippen LogP contribution in [0, 0.1) is 0 Å². The molecular formula is C34H70N4O2. The molecule has 0 radical (unpaired) electrons. The molecule has 0 aromatic carbocycles. The average Bonchev–Trinajstić information content (AvgIpc) is 2.95. The van der Waals surface area contributed by atoms with Gasteiger partial charge in [0.15, 0.2) is 0 Å². The van der Waals surface area contributed by atoms with Gasteiger partial charge in [0, 0.05) is 19.4 Å². The Balaban J connectivity index is 3.38. The summed E-state index contributed by atoms with van der Waals surface area (Å²) >= 11 is 0. The molecule has 0 bridgehead atoms. The number of nitrogens with two attached hydrogens (primary N) is 2. The van der Waals surface area contributed by atoms with Gasteiger partial charge in [-0.1, -0.05) is 116 Å². The minimum absolute atomic E-state index is 0.169. The minimum Gasteiger partial charge on any atom is -0.356 e. The van der Waals surface area contributed by atoms with Crippen molar-refractivity contribution in [2.75, 3.05) is 26.2 Å². The molecule has 40 heavy (non-hydrogen) atoms. The van der Waals surface area contributed by atoms with Crippen LogP contribution in [0.3, 0.4) is 0 Å². The van der Waals surface area contributed by atoms with E-state index in [1.165, 1.54) is 103 Å². The molecule has 0 rings (SSSR count). The SMILES string of the molecule is CCCCCCCCCCCCCCCC(=O)NCCCC[C@H](N)C(=O)CCCCCCCCCNCCCN. The van der Waals surface area contributed by atoms with Crippen LogP contribution in [-0.4, -0.2) is 43.9 Å². The van der Waals surface area contributed by atoms with E-state index >= 15 is 0 Å². The van der Waals surface area contributed by atoms with Crippen molar-refractivity contribution in [3.8, 4) is 0 Å². The second-order valence-corrected chi connectivity index (χ2v) is 12.0. The third-order valence-electron chi connectivity index (χ3n) is 8.02. The van der Waals surface area contributed by atoms with E-state index in [-0.39, 0.29) is 17.7 Å². The van der Waals surface area contributed by atoms with E-state index in [1.54, 1.807) is 0 Å². The molecule has 0 unspecified atom stereocenters. The van der Waals surface area contributed by atoms with Gasteiger partial charge in [-0.05, 0) is 64.6 Å². The molecule has 0 fully saturated rings.